The van der Waals surface area contributed by atoms with Gasteiger partial charge in [-0.15, -0.1) is 0 Å². The van der Waals surface area contributed by atoms with E-state index in [1.54, 1.807) is 18.3 Å². The number of ketones is 1. The standard InChI is InChI=1S/C13H10N4O3/c1-7(18)12-13(20)11(19)6-17(16-12)9-3-2-8-5-14-15-10(8)4-9/h2-6,19H,1H3,(H,14,15). The normalized spacial score (nSPS) is 10.8. The van der Waals surface area contributed by atoms with Crippen LogP contribution in [0.2, 0.25) is 0 Å². The fourth-order valence-electron chi connectivity index (χ4n) is 1.91. The molecule has 0 aliphatic rings. The minimum Gasteiger partial charge on any atom is -0.503 e. The van der Waals surface area contributed by atoms with E-state index in [2.05, 4.69) is 15.3 Å². The molecule has 0 aliphatic carbocycles. The van der Waals surface area contributed by atoms with Crippen LogP contribution >= 0.6 is 0 Å². The molecular weight excluding hydrogens is 260 g/mol. The first-order chi connectivity index (χ1) is 9.56. The first-order valence-corrected chi connectivity index (χ1v) is 5.83. The number of aromatic nitrogens is 4. The fraction of sp³-hybridized carbons (Fsp3) is 0.0769. The quantitative estimate of drug-likeness (QED) is 0.677. The van der Waals surface area contributed by atoms with Gasteiger partial charge in [-0.05, 0) is 18.2 Å². The van der Waals surface area contributed by atoms with Crippen LogP contribution in [0.5, 0.6) is 5.75 Å². The zero-order valence-electron chi connectivity index (χ0n) is 10.5. The van der Waals surface area contributed by atoms with E-state index in [9.17, 15) is 14.7 Å². The van der Waals surface area contributed by atoms with Crippen molar-refractivity contribution in [1.29, 1.82) is 0 Å². The van der Waals surface area contributed by atoms with Crippen molar-refractivity contribution in [3.63, 3.8) is 0 Å². The Kier molecular flexibility index (Phi) is 2.60. The SMILES string of the molecule is CC(=O)c1nn(-c2ccc3cn[nH]c3c2)cc(O)c1=O. The second-order valence-electron chi connectivity index (χ2n) is 4.33. The van der Waals surface area contributed by atoms with Crippen LogP contribution in [0.25, 0.3) is 16.6 Å². The van der Waals surface area contributed by atoms with Crippen LogP contribution in [0.3, 0.4) is 0 Å². The van der Waals surface area contributed by atoms with E-state index in [-0.39, 0.29) is 5.69 Å². The van der Waals surface area contributed by atoms with E-state index in [1.165, 1.54) is 17.8 Å². The molecule has 0 aliphatic heterocycles. The predicted octanol–water partition coefficient (Wildman–Crippen LogP) is 1.02. The molecule has 3 rings (SSSR count). The van der Waals surface area contributed by atoms with Crippen molar-refractivity contribution in [2.24, 2.45) is 0 Å². The minimum atomic E-state index is -0.767. The number of nitrogens with zero attached hydrogens (tertiary/aromatic N) is 3. The highest BCUT2D eigenvalue weighted by Gasteiger charge is 2.13. The highest BCUT2D eigenvalue weighted by Crippen LogP contribution is 2.16. The van der Waals surface area contributed by atoms with Crippen LogP contribution in [-0.4, -0.2) is 30.9 Å². The van der Waals surface area contributed by atoms with Crippen LogP contribution in [0, 0.1) is 0 Å². The summed E-state index contributed by atoms with van der Waals surface area (Å²) in [6.07, 6.45) is 2.85. The maximum absolute atomic E-state index is 11.6. The Balaban J connectivity index is 2.23. The van der Waals surface area contributed by atoms with Gasteiger partial charge in [-0.3, -0.25) is 14.7 Å². The second kappa shape index (κ2) is 4.30. The van der Waals surface area contributed by atoms with Gasteiger partial charge in [0.15, 0.2) is 17.2 Å². The molecule has 2 aromatic heterocycles. The number of H-pyrrole nitrogens is 1. The lowest BCUT2D eigenvalue weighted by atomic mass is 10.2. The van der Waals surface area contributed by atoms with E-state index in [0.29, 0.717) is 5.69 Å². The van der Waals surface area contributed by atoms with Crippen LogP contribution in [0.1, 0.15) is 17.4 Å². The first-order valence-electron chi connectivity index (χ1n) is 5.83. The number of aromatic amines is 1. The number of benzene rings is 1. The van der Waals surface area contributed by atoms with Crippen molar-refractivity contribution in [2.75, 3.05) is 0 Å². The summed E-state index contributed by atoms with van der Waals surface area (Å²) in [6, 6.07) is 5.32. The molecule has 3 aromatic rings. The Morgan fingerprint density at radius 2 is 2.20 bits per heavy atom. The van der Waals surface area contributed by atoms with Gasteiger partial charge in [0.2, 0.25) is 0 Å². The molecule has 20 heavy (non-hydrogen) atoms. The molecule has 0 atom stereocenters. The maximum atomic E-state index is 11.6. The van der Waals surface area contributed by atoms with Gasteiger partial charge in [-0.25, -0.2) is 4.68 Å². The van der Waals surface area contributed by atoms with E-state index in [1.807, 2.05) is 6.07 Å². The molecular formula is C13H10N4O3. The largest absolute Gasteiger partial charge is 0.503 e. The van der Waals surface area contributed by atoms with Gasteiger partial charge < -0.3 is 5.11 Å². The molecule has 100 valence electrons. The first kappa shape index (κ1) is 12.1. The third-order valence-electron chi connectivity index (χ3n) is 2.92. The van der Waals surface area contributed by atoms with E-state index < -0.39 is 17.0 Å². The number of aromatic hydroxyl groups is 1. The molecule has 1 aromatic carbocycles. The molecule has 0 bridgehead atoms. The summed E-state index contributed by atoms with van der Waals surface area (Å²) >= 11 is 0. The van der Waals surface area contributed by atoms with Gasteiger partial charge in [0.1, 0.15) is 0 Å². The lowest BCUT2D eigenvalue weighted by molar-refractivity contribution is 0.100. The monoisotopic (exact) mass is 270 g/mol. The van der Waals surface area contributed by atoms with Crippen molar-refractivity contribution < 1.29 is 9.90 Å². The third kappa shape index (κ3) is 1.85. The van der Waals surface area contributed by atoms with Gasteiger partial charge >= 0.3 is 0 Å². The molecule has 2 N–H and O–H groups in total. The van der Waals surface area contributed by atoms with Gasteiger partial charge in [-0.2, -0.15) is 10.2 Å². The lowest BCUT2D eigenvalue weighted by Crippen LogP contribution is -2.19. The molecule has 0 saturated heterocycles. The minimum absolute atomic E-state index is 0.297. The molecule has 0 fully saturated rings. The van der Waals surface area contributed by atoms with Crippen molar-refractivity contribution in [2.45, 2.75) is 6.92 Å². The lowest BCUT2D eigenvalue weighted by Gasteiger charge is -2.07. The summed E-state index contributed by atoms with van der Waals surface area (Å²) < 4.78 is 1.29. The third-order valence-corrected chi connectivity index (χ3v) is 2.92. The summed E-state index contributed by atoms with van der Waals surface area (Å²) in [6.45, 7) is 1.23. The van der Waals surface area contributed by atoms with Crippen molar-refractivity contribution in [1.82, 2.24) is 20.0 Å². The van der Waals surface area contributed by atoms with Crippen LogP contribution in [0.4, 0.5) is 0 Å². The molecule has 7 heteroatoms. The second-order valence-corrected chi connectivity index (χ2v) is 4.33. The molecule has 0 unspecified atom stereocenters. The summed E-state index contributed by atoms with van der Waals surface area (Å²) in [7, 11) is 0. The Labute approximate surface area is 112 Å². The van der Waals surface area contributed by atoms with Gasteiger partial charge in [0.25, 0.3) is 5.43 Å². The number of carbonyl (C=O) groups excluding carboxylic acids is 1. The predicted molar refractivity (Wildman–Crippen MR) is 71.2 cm³/mol. The smallest absolute Gasteiger partial charge is 0.252 e. The molecule has 0 spiro atoms. The number of Topliss-reactive ketones (excluding diaryl/α,β-unsaturated/α-hetero) is 1. The Bertz CT molecular complexity index is 879. The van der Waals surface area contributed by atoms with Crippen LogP contribution in [0.15, 0.2) is 35.4 Å². The summed E-state index contributed by atoms with van der Waals surface area (Å²) in [5, 5.41) is 21.2. The number of nitrogens with one attached hydrogen (secondary N) is 1. The molecule has 7 nitrogen and oxygen atoms in total. The number of fused-ring (bicyclic) bond motifs is 1. The fourth-order valence-corrected chi connectivity index (χ4v) is 1.91. The zero-order chi connectivity index (χ0) is 14.3. The van der Waals surface area contributed by atoms with E-state index >= 15 is 0 Å². The van der Waals surface area contributed by atoms with Crippen molar-refractivity contribution in [3.05, 3.63) is 46.5 Å². The summed E-state index contributed by atoms with van der Waals surface area (Å²) in [4.78, 5) is 23.0. The summed E-state index contributed by atoms with van der Waals surface area (Å²) in [5.41, 5.74) is 0.317. The topological polar surface area (TPSA) is 101 Å². The van der Waals surface area contributed by atoms with E-state index in [0.717, 1.165) is 10.9 Å². The molecule has 0 radical (unpaired) electrons. The van der Waals surface area contributed by atoms with Crippen molar-refractivity contribution >= 4 is 16.7 Å². The molecule has 0 saturated carbocycles. The van der Waals surface area contributed by atoms with Crippen molar-refractivity contribution in [3.8, 4) is 11.4 Å². The number of carbonyl (C=O) groups is 1. The highest BCUT2D eigenvalue weighted by molar-refractivity contribution is 5.92. The van der Waals surface area contributed by atoms with Gasteiger partial charge in [0, 0.05) is 12.3 Å². The van der Waals surface area contributed by atoms with Crippen LogP contribution < -0.4 is 5.43 Å². The number of hydrogen-bond donors (Lipinski definition) is 2. The van der Waals surface area contributed by atoms with E-state index in [4.69, 9.17) is 0 Å². The molecule has 0 amide bonds. The Morgan fingerprint density at radius 1 is 1.40 bits per heavy atom. The average Bonchev–Trinajstić information content (AvgIpc) is 2.88. The highest BCUT2D eigenvalue weighted by atomic mass is 16.3. The van der Waals surface area contributed by atoms with Gasteiger partial charge in [-0.1, -0.05) is 0 Å². The number of hydrogen-bond acceptors (Lipinski definition) is 5. The Hall–Kier alpha value is -2.96. The Morgan fingerprint density at radius 3 is 2.95 bits per heavy atom. The van der Waals surface area contributed by atoms with Crippen LogP contribution in [-0.2, 0) is 0 Å². The maximum Gasteiger partial charge on any atom is 0.252 e. The number of rotatable bonds is 2. The zero-order valence-corrected chi connectivity index (χ0v) is 10.5. The summed E-state index contributed by atoms with van der Waals surface area (Å²) in [5.74, 6) is -1.02. The van der Waals surface area contributed by atoms with Gasteiger partial charge in [0.05, 0.1) is 23.6 Å². The molecule has 2 heterocycles. The average molecular weight is 270 g/mol.